The van der Waals surface area contributed by atoms with Crippen LogP contribution in [0.15, 0.2) is 11.9 Å². The fourth-order valence-electron chi connectivity index (χ4n) is 0.257. The predicted molar refractivity (Wildman–Crippen MR) is 31.3 cm³/mol. The van der Waals surface area contributed by atoms with Gasteiger partial charge >= 0.3 is 0 Å². The van der Waals surface area contributed by atoms with Crippen molar-refractivity contribution >= 4 is 0 Å². The zero-order valence-corrected chi connectivity index (χ0v) is 4.54. The van der Waals surface area contributed by atoms with Crippen molar-refractivity contribution in [2.24, 2.45) is 17.2 Å². The van der Waals surface area contributed by atoms with E-state index in [0.29, 0.717) is 6.42 Å². The first-order chi connectivity index (χ1) is 3.63. The predicted octanol–water partition coefficient (Wildman–Crippen LogP) is -1.59. The largest absolute Gasteiger partial charge is 0.386 e. The first-order valence-corrected chi connectivity index (χ1v) is 2.27. The highest BCUT2D eigenvalue weighted by Crippen LogP contribution is 1.83. The van der Waals surface area contributed by atoms with Crippen LogP contribution in [0.25, 0.3) is 0 Å². The van der Waals surface area contributed by atoms with Crippen molar-refractivity contribution in [2.75, 3.05) is 0 Å². The van der Waals surface area contributed by atoms with E-state index in [4.69, 9.17) is 22.3 Å². The second-order valence-electron chi connectivity index (χ2n) is 1.51. The van der Waals surface area contributed by atoms with Gasteiger partial charge in [0.25, 0.3) is 0 Å². The molecule has 0 aromatic carbocycles. The molecule has 0 rings (SSSR count). The SMILES string of the molecule is NC(N)=CCC(N)O. The summed E-state index contributed by atoms with van der Waals surface area (Å²) in [5, 5.41) is 8.42. The van der Waals surface area contributed by atoms with E-state index in [1.165, 1.54) is 6.08 Å². The molecule has 0 aliphatic heterocycles. The minimum atomic E-state index is -0.850. The lowest BCUT2D eigenvalue weighted by Gasteiger charge is -1.96. The Bertz CT molecular complexity index is 85.3. The molecular weight excluding hydrogens is 106 g/mol. The Morgan fingerprint density at radius 1 is 1.62 bits per heavy atom. The fourth-order valence-corrected chi connectivity index (χ4v) is 0.257. The van der Waals surface area contributed by atoms with Crippen LogP contribution in [-0.4, -0.2) is 11.3 Å². The second kappa shape index (κ2) is 3.29. The van der Waals surface area contributed by atoms with Gasteiger partial charge < -0.3 is 22.3 Å². The summed E-state index contributed by atoms with van der Waals surface area (Å²) in [4.78, 5) is 0. The monoisotopic (exact) mass is 117 g/mol. The summed E-state index contributed by atoms with van der Waals surface area (Å²) in [5.74, 6) is 0.189. The molecule has 0 fully saturated rings. The molecule has 0 saturated heterocycles. The molecule has 48 valence electrons. The third kappa shape index (κ3) is 5.26. The fraction of sp³-hybridized carbons (Fsp3) is 0.500. The molecule has 0 aliphatic rings. The maximum absolute atomic E-state index is 8.42. The van der Waals surface area contributed by atoms with Crippen molar-refractivity contribution in [3.05, 3.63) is 11.9 Å². The van der Waals surface area contributed by atoms with Crippen molar-refractivity contribution in [3.63, 3.8) is 0 Å². The molecule has 0 heterocycles. The number of hydrogen-bond donors (Lipinski definition) is 4. The second-order valence-corrected chi connectivity index (χ2v) is 1.51. The Morgan fingerprint density at radius 3 is 2.25 bits per heavy atom. The normalized spacial score (nSPS) is 12.8. The highest BCUT2D eigenvalue weighted by Gasteiger charge is 1.88. The summed E-state index contributed by atoms with van der Waals surface area (Å²) >= 11 is 0. The van der Waals surface area contributed by atoms with Gasteiger partial charge in [-0.15, -0.1) is 0 Å². The molecule has 0 aromatic heterocycles. The topological polar surface area (TPSA) is 98.3 Å². The summed E-state index contributed by atoms with van der Waals surface area (Å²) < 4.78 is 0. The van der Waals surface area contributed by atoms with Crippen LogP contribution in [0.1, 0.15) is 6.42 Å². The molecule has 8 heavy (non-hydrogen) atoms. The number of hydrogen-bond acceptors (Lipinski definition) is 4. The molecule has 1 atom stereocenters. The molecule has 0 amide bonds. The molecule has 7 N–H and O–H groups in total. The first kappa shape index (κ1) is 7.26. The molecule has 0 radical (unpaired) electrons. The van der Waals surface area contributed by atoms with Crippen molar-refractivity contribution < 1.29 is 5.11 Å². The first-order valence-electron chi connectivity index (χ1n) is 2.27. The van der Waals surface area contributed by atoms with E-state index in [1.807, 2.05) is 0 Å². The summed E-state index contributed by atoms with van der Waals surface area (Å²) in [5.41, 5.74) is 15.0. The lowest BCUT2D eigenvalue weighted by Crippen LogP contribution is -2.18. The van der Waals surface area contributed by atoms with Gasteiger partial charge in [-0.1, -0.05) is 0 Å². The van der Waals surface area contributed by atoms with Crippen LogP contribution in [0.5, 0.6) is 0 Å². The van der Waals surface area contributed by atoms with E-state index >= 15 is 0 Å². The molecule has 0 aliphatic carbocycles. The molecule has 0 aromatic rings. The molecule has 0 spiro atoms. The lowest BCUT2D eigenvalue weighted by atomic mass is 10.4. The summed E-state index contributed by atoms with van der Waals surface area (Å²) in [7, 11) is 0. The van der Waals surface area contributed by atoms with Crippen LogP contribution in [0, 0.1) is 0 Å². The Balaban J connectivity index is 3.29. The standard InChI is InChI=1S/C4H11N3O/c5-3(6)1-2-4(7)8/h1,4,8H,2,5-7H2. The maximum Gasteiger partial charge on any atom is 0.106 e. The van der Waals surface area contributed by atoms with E-state index in [0.717, 1.165) is 0 Å². The van der Waals surface area contributed by atoms with E-state index < -0.39 is 6.23 Å². The van der Waals surface area contributed by atoms with Crippen molar-refractivity contribution in [3.8, 4) is 0 Å². The van der Waals surface area contributed by atoms with Crippen molar-refractivity contribution in [1.82, 2.24) is 0 Å². The smallest absolute Gasteiger partial charge is 0.106 e. The van der Waals surface area contributed by atoms with E-state index in [9.17, 15) is 0 Å². The Hall–Kier alpha value is -0.740. The van der Waals surface area contributed by atoms with Crippen LogP contribution in [0.4, 0.5) is 0 Å². The molecular formula is C4H11N3O. The van der Waals surface area contributed by atoms with Gasteiger partial charge in [0.1, 0.15) is 6.23 Å². The van der Waals surface area contributed by atoms with Crippen LogP contribution >= 0.6 is 0 Å². The maximum atomic E-state index is 8.42. The number of aliphatic hydroxyl groups excluding tert-OH is 1. The average molecular weight is 117 g/mol. The third-order valence-electron chi connectivity index (χ3n) is 0.595. The minimum absolute atomic E-state index is 0.189. The molecule has 0 bridgehead atoms. The third-order valence-corrected chi connectivity index (χ3v) is 0.595. The van der Waals surface area contributed by atoms with E-state index in [2.05, 4.69) is 0 Å². The van der Waals surface area contributed by atoms with Crippen molar-refractivity contribution in [1.29, 1.82) is 0 Å². The Morgan fingerprint density at radius 2 is 2.12 bits per heavy atom. The van der Waals surface area contributed by atoms with Crippen molar-refractivity contribution in [2.45, 2.75) is 12.6 Å². The van der Waals surface area contributed by atoms with Gasteiger partial charge in [0, 0.05) is 6.42 Å². The van der Waals surface area contributed by atoms with Gasteiger partial charge in [-0.3, -0.25) is 0 Å². The minimum Gasteiger partial charge on any atom is -0.386 e. The lowest BCUT2D eigenvalue weighted by molar-refractivity contribution is 0.185. The number of aliphatic hydroxyl groups is 1. The Kier molecular flexibility index (Phi) is 2.98. The highest BCUT2D eigenvalue weighted by atomic mass is 16.3. The molecule has 0 saturated carbocycles. The summed E-state index contributed by atoms with van der Waals surface area (Å²) in [6.45, 7) is 0. The van der Waals surface area contributed by atoms with Gasteiger partial charge in [0.05, 0.1) is 5.82 Å². The van der Waals surface area contributed by atoms with Gasteiger partial charge in [-0.2, -0.15) is 0 Å². The van der Waals surface area contributed by atoms with E-state index in [-0.39, 0.29) is 5.82 Å². The zero-order valence-electron chi connectivity index (χ0n) is 4.54. The van der Waals surface area contributed by atoms with Crippen LogP contribution in [0.2, 0.25) is 0 Å². The van der Waals surface area contributed by atoms with Crippen LogP contribution < -0.4 is 17.2 Å². The van der Waals surface area contributed by atoms with Crippen LogP contribution in [0.3, 0.4) is 0 Å². The Labute approximate surface area is 48.0 Å². The number of rotatable bonds is 2. The summed E-state index contributed by atoms with van der Waals surface area (Å²) in [6.07, 6.45) is 0.921. The van der Waals surface area contributed by atoms with Crippen LogP contribution in [-0.2, 0) is 0 Å². The van der Waals surface area contributed by atoms with Gasteiger partial charge in [-0.05, 0) is 6.08 Å². The average Bonchev–Trinajstić information content (AvgIpc) is 1.61. The molecule has 1 unspecified atom stereocenters. The molecule has 4 heteroatoms. The van der Waals surface area contributed by atoms with Gasteiger partial charge in [-0.25, -0.2) is 0 Å². The number of nitrogens with two attached hydrogens (primary N) is 3. The van der Waals surface area contributed by atoms with E-state index in [1.54, 1.807) is 0 Å². The summed E-state index contributed by atoms with van der Waals surface area (Å²) in [6, 6.07) is 0. The highest BCUT2D eigenvalue weighted by molar-refractivity contribution is 4.90. The van der Waals surface area contributed by atoms with Gasteiger partial charge in [0.15, 0.2) is 0 Å². The molecule has 4 nitrogen and oxygen atoms in total. The zero-order chi connectivity index (χ0) is 6.57. The quantitative estimate of drug-likeness (QED) is 0.328. The van der Waals surface area contributed by atoms with Gasteiger partial charge in [0.2, 0.25) is 0 Å².